The van der Waals surface area contributed by atoms with Crippen molar-refractivity contribution < 1.29 is 4.79 Å². The van der Waals surface area contributed by atoms with Gasteiger partial charge in [-0.25, -0.2) is 4.98 Å². The molecule has 1 saturated heterocycles. The number of anilines is 1. The molecule has 1 amide bonds. The Balaban J connectivity index is 1.99. The van der Waals surface area contributed by atoms with E-state index in [1.807, 2.05) is 28.8 Å². The predicted molar refractivity (Wildman–Crippen MR) is 81.9 cm³/mol. The van der Waals surface area contributed by atoms with Gasteiger partial charge in [-0.2, -0.15) is 11.8 Å². The molecule has 1 aliphatic heterocycles. The SMILES string of the molecule is CC1CSCCN1C(=O)c1sc2ncccc2c1N. The minimum absolute atomic E-state index is 0.0494. The second-order valence-corrected chi connectivity index (χ2v) is 6.77. The van der Waals surface area contributed by atoms with Crippen molar-refractivity contribution in [2.45, 2.75) is 13.0 Å². The Labute approximate surface area is 120 Å². The van der Waals surface area contributed by atoms with Crippen LogP contribution in [0.3, 0.4) is 0 Å². The van der Waals surface area contributed by atoms with Crippen LogP contribution in [-0.2, 0) is 0 Å². The third-order valence-electron chi connectivity index (χ3n) is 3.33. The van der Waals surface area contributed by atoms with Gasteiger partial charge < -0.3 is 10.6 Å². The summed E-state index contributed by atoms with van der Waals surface area (Å²) >= 11 is 3.29. The molecule has 4 nitrogen and oxygen atoms in total. The largest absolute Gasteiger partial charge is 0.397 e. The Hall–Kier alpha value is -1.27. The van der Waals surface area contributed by atoms with Crippen molar-refractivity contribution in [2.24, 2.45) is 0 Å². The third kappa shape index (κ3) is 2.19. The number of aromatic nitrogens is 1. The van der Waals surface area contributed by atoms with Crippen LogP contribution in [-0.4, -0.2) is 39.9 Å². The minimum Gasteiger partial charge on any atom is -0.397 e. The number of rotatable bonds is 1. The highest BCUT2D eigenvalue weighted by molar-refractivity contribution is 7.99. The molecular formula is C13H15N3OS2. The lowest BCUT2D eigenvalue weighted by molar-refractivity contribution is 0.0722. The van der Waals surface area contributed by atoms with E-state index in [9.17, 15) is 4.79 Å². The molecule has 1 unspecified atom stereocenters. The number of carbonyl (C=O) groups excluding carboxylic acids is 1. The van der Waals surface area contributed by atoms with Crippen molar-refractivity contribution in [3.63, 3.8) is 0 Å². The van der Waals surface area contributed by atoms with Gasteiger partial charge in [0.05, 0.1) is 5.69 Å². The highest BCUT2D eigenvalue weighted by Gasteiger charge is 2.27. The van der Waals surface area contributed by atoms with Crippen molar-refractivity contribution in [1.82, 2.24) is 9.88 Å². The van der Waals surface area contributed by atoms with Gasteiger partial charge >= 0.3 is 0 Å². The molecule has 1 aliphatic rings. The van der Waals surface area contributed by atoms with Crippen LogP contribution in [0.5, 0.6) is 0 Å². The van der Waals surface area contributed by atoms with Crippen LogP contribution in [0.25, 0.3) is 10.2 Å². The van der Waals surface area contributed by atoms with Crippen molar-refractivity contribution in [1.29, 1.82) is 0 Å². The van der Waals surface area contributed by atoms with Crippen LogP contribution in [0.1, 0.15) is 16.6 Å². The molecule has 6 heteroatoms. The van der Waals surface area contributed by atoms with Crippen LogP contribution in [0, 0.1) is 0 Å². The molecule has 100 valence electrons. The average Bonchev–Trinajstić information content (AvgIpc) is 2.77. The van der Waals surface area contributed by atoms with Gasteiger partial charge in [0.15, 0.2) is 0 Å². The molecule has 2 aromatic rings. The predicted octanol–water partition coefficient (Wildman–Crippen LogP) is 2.46. The number of nitrogen functional groups attached to an aromatic ring is 1. The molecule has 1 fully saturated rings. The number of fused-ring (bicyclic) bond motifs is 1. The second-order valence-electron chi connectivity index (χ2n) is 4.62. The smallest absolute Gasteiger partial charge is 0.266 e. The Bertz CT molecular complexity index is 625. The summed E-state index contributed by atoms with van der Waals surface area (Å²) in [5, 5.41) is 0.884. The number of pyridine rings is 1. The van der Waals surface area contributed by atoms with Gasteiger partial charge in [-0.05, 0) is 19.1 Å². The van der Waals surface area contributed by atoms with Crippen molar-refractivity contribution in [3.05, 3.63) is 23.2 Å². The Morgan fingerprint density at radius 3 is 3.16 bits per heavy atom. The van der Waals surface area contributed by atoms with E-state index in [-0.39, 0.29) is 11.9 Å². The molecule has 0 radical (unpaired) electrons. The highest BCUT2D eigenvalue weighted by atomic mass is 32.2. The fraction of sp³-hybridized carbons (Fsp3) is 0.385. The molecule has 3 heterocycles. The fourth-order valence-corrected chi connectivity index (χ4v) is 4.30. The van der Waals surface area contributed by atoms with Gasteiger partial charge in [-0.15, -0.1) is 11.3 Å². The lowest BCUT2D eigenvalue weighted by Crippen LogP contribution is -2.44. The summed E-state index contributed by atoms with van der Waals surface area (Å²) in [4.78, 5) is 20.3. The van der Waals surface area contributed by atoms with E-state index in [4.69, 9.17) is 5.73 Å². The summed E-state index contributed by atoms with van der Waals surface area (Å²) in [6, 6.07) is 4.03. The Kier molecular flexibility index (Phi) is 3.36. The van der Waals surface area contributed by atoms with Crippen LogP contribution in [0.15, 0.2) is 18.3 Å². The summed E-state index contributed by atoms with van der Waals surface area (Å²) in [6.45, 7) is 2.89. The van der Waals surface area contributed by atoms with Crippen molar-refractivity contribution in [2.75, 3.05) is 23.8 Å². The molecule has 2 aromatic heterocycles. The van der Waals surface area contributed by atoms with E-state index >= 15 is 0 Å². The van der Waals surface area contributed by atoms with Gasteiger partial charge in [0.25, 0.3) is 5.91 Å². The molecule has 0 aliphatic carbocycles. The monoisotopic (exact) mass is 293 g/mol. The van der Waals surface area contributed by atoms with Crippen LogP contribution in [0.2, 0.25) is 0 Å². The maximum Gasteiger partial charge on any atom is 0.266 e. The van der Waals surface area contributed by atoms with Gasteiger partial charge in [0.1, 0.15) is 9.71 Å². The lowest BCUT2D eigenvalue weighted by atomic mass is 10.2. The van der Waals surface area contributed by atoms with Gasteiger partial charge in [0.2, 0.25) is 0 Å². The normalized spacial score (nSPS) is 19.8. The molecular weight excluding hydrogens is 278 g/mol. The third-order valence-corrected chi connectivity index (χ3v) is 5.63. The number of hydrogen-bond donors (Lipinski definition) is 1. The number of thiophene rings is 1. The van der Waals surface area contributed by atoms with Gasteiger partial charge in [0, 0.05) is 35.7 Å². The molecule has 0 spiro atoms. The van der Waals surface area contributed by atoms with Crippen LogP contribution in [0.4, 0.5) is 5.69 Å². The molecule has 0 saturated carbocycles. The first kappa shape index (κ1) is 12.7. The zero-order valence-corrected chi connectivity index (χ0v) is 12.3. The summed E-state index contributed by atoms with van der Waals surface area (Å²) in [5.41, 5.74) is 6.68. The van der Waals surface area contributed by atoms with Crippen molar-refractivity contribution >= 4 is 44.9 Å². The van der Waals surface area contributed by atoms with E-state index in [1.165, 1.54) is 11.3 Å². The highest BCUT2D eigenvalue weighted by Crippen LogP contribution is 2.33. The number of carbonyl (C=O) groups is 1. The second kappa shape index (κ2) is 5.02. The summed E-state index contributed by atoms with van der Waals surface area (Å²) in [6.07, 6.45) is 1.73. The minimum atomic E-state index is 0.0494. The lowest BCUT2D eigenvalue weighted by Gasteiger charge is -2.32. The maximum absolute atomic E-state index is 12.6. The maximum atomic E-state index is 12.6. The van der Waals surface area contributed by atoms with Gasteiger partial charge in [-0.3, -0.25) is 4.79 Å². The molecule has 3 rings (SSSR count). The molecule has 2 N–H and O–H groups in total. The van der Waals surface area contributed by atoms with E-state index in [1.54, 1.807) is 6.20 Å². The van der Waals surface area contributed by atoms with Gasteiger partial charge in [-0.1, -0.05) is 0 Å². The van der Waals surface area contributed by atoms with Crippen LogP contribution < -0.4 is 5.73 Å². The summed E-state index contributed by atoms with van der Waals surface area (Å²) < 4.78 is 0. The standard InChI is InChI=1S/C13H15N3OS2/c1-8-7-18-6-5-16(8)13(17)11-10(14)9-3-2-4-15-12(9)19-11/h2-4,8H,5-7,14H2,1H3. The number of nitrogens with zero attached hydrogens (tertiary/aromatic N) is 2. The van der Waals surface area contributed by atoms with Crippen LogP contribution >= 0.6 is 23.1 Å². The first-order valence-corrected chi connectivity index (χ1v) is 8.17. The molecule has 0 aromatic carbocycles. The van der Waals surface area contributed by atoms with E-state index in [2.05, 4.69) is 11.9 Å². The zero-order valence-electron chi connectivity index (χ0n) is 10.6. The number of amides is 1. The number of hydrogen-bond acceptors (Lipinski definition) is 5. The Morgan fingerprint density at radius 2 is 2.42 bits per heavy atom. The molecule has 19 heavy (non-hydrogen) atoms. The van der Waals surface area contributed by atoms with Crippen molar-refractivity contribution in [3.8, 4) is 0 Å². The summed E-state index contributed by atoms with van der Waals surface area (Å²) in [7, 11) is 0. The fourth-order valence-electron chi connectivity index (χ4n) is 2.27. The van der Waals surface area contributed by atoms with E-state index in [0.29, 0.717) is 10.6 Å². The quantitative estimate of drug-likeness (QED) is 0.877. The molecule has 0 bridgehead atoms. The Morgan fingerprint density at radius 1 is 1.58 bits per heavy atom. The summed E-state index contributed by atoms with van der Waals surface area (Å²) in [5.74, 6) is 2.04. The topological polar surface area (TPSA) is 59.2 Å². The first-order chi connectivity index (χ1) is 9.18. The number of nitrogens with two attached hydrogens (primary N) is 1. The van der Waals surface area contributed by atoms with E-state index in [0.717, 1.165) is 28.3 Å². The number of thioether (sulfide) groups is 1. The zero-order chi connectivity index (χ0) is 13.4. The molecule has 1 atom stereocenters. The van der Waals surface area contributed by atoms with E-state index < -0.39 is 0 Å². The average molecular weight is 293 g/mol. The first-order valence-electron chi connectivity index (χ1n) is 6.20.